The molecule has 0 aliphatic heterocycles. The second-order valence-corrected chi connectivity index (χ2v) is 3.29. The first-order valence-corrected chi connectivity index (χ1v) is 4.68. The summed E-state index contributed by atoms with van der Waals surface area (Å²) in [7, 11) is 0. The maximum Gasteiger partial charge on any atom is 0.573 e. The zero-order chi connectivity index (χ0) is 13.9. The molecule has 0 aliphatic rings. The van der Waals surface area contributed by atoms with Crippen molar-refractivity contribution in [2.75, 3.05) is 5.73 Å². The van der Waals surface area contributed by atoms with Gasteiger partial charge in [0.1, 0.15) is 5.82 Å². The van der Waals surface area contributed by atoms with Gasteiger partial charge < -0.3 is 21.3 Å². The predicted molar refractivity (Wildman–Crippen MR) is 54.6 cm³/mol. The fourth-order valence-corrected chi connectivity index (χ4v) is 1.37. The van der Waals surface area contributed by atoms with Gasteiger partial charge in [-0.2, -0.15) is 0 Å². The van der Waals surface area contributed by atoms with Crippen molar-refractivity contribution in [2.24, 2.45) is 5.73 Å². The minimum atomic E-state index is -4.95. The Labute approximate surface area is 99.4 Å². The lowest BCUT2D eigenvalue weighted by atomic mass is 10.1. The van der Waals surface area contributed by atoms with Gasteiger partial charge in [-0.1, -0.05) is 0 Å². The summed E-state index contributed by atoms with van der Waals surface area (Å²) >= 11 is 0. The van der Waals surface area contributed by atoms with Crippen molar-refractivity contribution in [3.05, 3.63) is 17.3 Å². The maximum atomic E-state index is 12.1. The van der Waals surface area contributed by atoms with E-state index < -0.39 is 24.5 Å². The maximum absolute atomic E-state index is 12.1. The van der Waals surface area contributed by atoms with Crippen molar-refractivity contribution < 1.29 is 27.8 Å². The van der Waals surface area contributed by atoms with Crippen molar-refractivity contribution in [1.29, 1.82) is 0 Å². The van der Waals surface area contributed by atoms with Gasteiger partial charge in [0.15, 0.2) is 5.75 Å². The molecule has 0 unspecified atom stereocenters. The number of rotatable bonds is 4. The van der Waals surface area contributed by atoms with E-state index in [2.05, 4.69) is 9.72 Å². The Balaban J connectivity index is 3.28. The van der Waals surface area contributed by atoms with Crippen LogP contribution in [0.4, 0.5) is 19.0 Å². The highest BCUT2D eigenvalue weighted by atomic mass is 19.4. The van der Waals surface area contributed by atoms with Crippen LogP contribution in [0.2, 0.25) is 0 Å². The predicted octanol–water partition coefficient (Wildman–Crippen LogP) is 0.648. The average molecular weight is 265 g/mol. The molecule has 0 spiro atoms. The second kappa shape index (κ2) is 5.08. The molecule has 18 heavy (non-hydrogen) atoms. The quantitative estimate of drug-likeness (QED) is 0.736. The number of nitrogen functional groups attached to an aromatic ring is 1. The molecule has 0 fully saturated rings. The molecule has 0 radical (unpaired) electrons. The smallest absolute Gasteiger partial charge is 0.481 e. The number of hydrogen-bond donors (Lipinski definition) is 3. The first kappa shape index (κ1) is 14.0. The number of carbonyl (C=O) groups is 1. The summed E-state index contributed by atoms with van der Waals surface area (Å²) in [6, 6.07) is 0. The Morgan fingerprint density at radius 3 is 2.50 bits per heavy atom. The Hall–Kier alpha value is -2.03. The lowest BCUT2D eigenvalue weighted by Gasteiger charge is -2.15. The number of aromatic nitrogens is 1. The highest BCUT2D eigenvalue weighted by Crippen LogP contribution is 2.30. The number of nitrogens with zero attached hydrogens (tertiary/aromatic N) is 1. The number of hydrogen-bond acceptors (Lipinski definition) is 5. The summed E-state index contributed by atoms with van der Waals surface area (Å²) < 4.78 is 40.1. The molecule has 0 aromatic carbocycles. The van der Waals surface area contributed by atoms with Crippen LogP contribution in [0.1, 0.15) is 11.1 Å². The van der Waals surface area contributed by atoms with E-state index in [4.69, 9.17) is 16.6 Å². The molecule has 0 saturated heterocycles. The topological polar surface area (TPSA) is 111 Å². The summed E-state index contributed by atoms with van der Waals surface area (Å²) in [5.41, 5.74) is 10.5. The highest BCUT2D eigenvalue weighted by Gasteiger charge is 2.33. The minimum absolute atomic E-state index is 0.0270. The van der Waals surface area contributed by atoms with Crippen LogP contribution in [0.25, 0.3) is 0 Å². The minimum Gasteiger partial charge on any atom is -0.481 e. The molecule has 0 atom stereocenters. The van der Waals surface area contributed by atoms with E-state index in [0.29, 0.717) is 0 Å². The van der Waals surface area contributed by atoms with Gasteiger partial charge in [-0.05, 0) is 0 Å². The number of carboxylic acid groups (broad SMARTS) is 1. The number of pyridine rings is 1. The van der Waals surface area contributed by atoms with E-state index in [0.717, 1.165) is 6.20 Å². The Kier molecular flexibility index (Phi) is 3.96. The Morgan fingerprint density at radius 2 is 2.06 bits per heavy atom. The molecular formula is C9H10F3N3O3. The van der Waals surface area contributed by atoms with E-state index in [1.165, 1.54) is 0 Å². The van der Waals surface area contributed by atoms with Gasteiger partial charge in [0.2, 0.25) is 0 Å². The van der Waals surface area contributed by atoms with Crippen LogP contribution in [0.3, 0.4) is 0 Å². The molecule has 0 bridgehead atoms. The van der Waals surface area contributed by atoms with Crippen LogP contribution < -0.4 is 16.2 Å². The molecule has 1 heterocycles. The van der Waals surface area contributed by atoms with Gasteiger partial charge in [0, 0.05) is 17.7 Å². The monoisotopic (exact) mass is 265 g/mol. The number of alkyl halides is 3. The molecule has 1 aromatic heterocycles. The van der Waals surface area contributed by atoms with Crippen molar-refractivity contribution in [3.8, 4) is 5.75 Å². The SMILES string of the molecule is NCc1c(N)ncc(OC(F)(F)F)c1CC(=O)O. The van der Waals surface area contributed by atoms with E-state index >= 15 is 0 Å². The van der Waals surface area contributed by atoms with Crippen molar-refractivity contribution in [1.82, 2.24) is 4.98 Å². The van der Waals surface area contributed by atoms with E-state index in [9.17, 15) is 18.0 Å². The van der Waals surface area contributed by atoms with Crippen LogP contribution in [-0.2, 0) is 17.8 Å². The zero-order valence-electron chi connectivity index (χ0n) is 8.99. The molecule has 5 N–H and O–H groups in total. The van der Waals surface area contributed by atoms with Gasteiger partial charge in [-0.3, -0.25) is 4.79 Å². The molecule has 1 aromatic rings. The van der Waals surface area contributed by atoms with Gasteiger partial charge in [0.25, 0.3) is 0 Å². The van der Waals surface area contributed by atoms with Crippen LogP contribution in [0.15, 0.2) is 6.20 Å². The molecular weight excluding hydrogens is 255 g/mol. The standard InChI is InChI=1S/C9H10F3N3O3/c10-9(11,12)18-6-3-15-8(14)5(2-13)4(6)1-7(16)17/h3H,1-2,13H2,(H2,14,15)(H,16,17). The van der Waals surface area contributed by atoms with E-state index in [1.807, 2.05) is 0 Å². The number of halogens is 3. The number of aliphatic carboxylic acids is 1. The van der Waals surface area contributed by atoms with Crippen molar-refractivity contribution in [2.45, 2.75) is 19.3 Å². The molecule has 0 aliphatic carbocycles. The largest absolute Gasteiger partial charge is 0.573 e. The van der Waals surface area contributed by atoms with Gasteiger partial charge in [-0.15, -0.1) is 13.2 Å². The lowest BCUT2D eigenvalue weighted by Crippen LogP contribution is -2.21. The van der Waals surface area contributed by atoms with Crippen LogP contribution in [-0.4, -0.2) is 22.4 Å². The third-order valence-electron chi connectivity index (χ3n) is 2.05. The first-order valence-electron chi connectivity index (χ1n) is 4.68. The second-order valence-electron chi connectivity index (χ2n) is 3.29. The third kappa shape index (κ3) is 3.48. The van der Waals surface area contributed by atoms with Crippen LogP contribution >= 0.6 is 0 Å². The van der Waals surface area contributed by atoms with E-state index in [1.54, 1.807) is 0 Å². The summed E-state index contributed by atoms with van der Waals surface area (Å²) in [5.74, 6) is -2.16. The van der Waals surface area contributed by atoms with Crippen molar-refractivity contribution >= 4 is 11.8 Å². The summed E-state index contributed by atoms with van der Waals surface area (Å²) in [5, 5.41) is 8.66. The van der Waals surface area contributed by atoms with Gasteiger partial charge in [-0.25, -0.2) is 4.98 Å². The van der Waals surface area contributed by atoms with E-state index in [-0.39, 0.29) is 23.5 Å². The highest BCUT2D eigenvalue weighted by molar-refractivity contribution is 5.73. The fraction of sp³-hybridized carbons (Fsp3) is 0.333. The van der Waals surface area contributed by atoms with Crippen LogP contribution in [0, 0.1) is 0 Å². The molecule has 0 saturated carbocycles. The number of carboxylic acids is 1. The number of ether oxygens (including phenoxy) is 1. The normalized spacial score (nSPS) is 11.3. The first-order chi connectivity index (χ1) is 8.24. The summed E-state index contributed by atoms with van der Waals surface area (Å²) in [4.78, 5) is 14.1. The van der Waals surface area contributed by atoms with Crippen molar-refractivity contribution in [3.63, 3.8) is 0 Å². The lowest BCUT2D eigenvalue weighted by molar-refractivity contribution is -0.275. The Bertz CT molecular complexity index is 462. The van der Waals surface area contributed by atoms with Gasteiger partial charge >= 0.3 is 12.3 Å². The summed E-state index contributed by atoms with van der Waals surface area (Å²) in [6.07, 6.45) is -4.91. The fourth-order valence-electron chi connectivity index (χ4n) is 1.37. The molecule has 9 heteroatoms. The molecule has 1 rings (SSSR count). The molecule has 100 valence electrons. The molecule has 6 nitrogen and oxygen atoms in total. The van der Waals surface area contributed by atoms with Crippen LogP contribution in [0.5, 0.6) is 5.75 Å². The van der Waals surface area contributed by atoms with Gasteiger partial charge in [0.05, 0.1) is 12.6 Å². The number of nitrogens with two attached hydrogens (primary N) is 2. The zero-order valence-corrected chi connectivity index (χ0v) is 8.99. The number of anilines is 1. The third-order valence-corrected chi connectivity index (χ3v) is 2.05. The summed E-state index contributed by atoms with van der Waals surface area (Å²) in [6.45, 7) is -0.240. The Morgan fingerprint density at radius 1 is 1.44 bits per heavy atom. The average Bonchev–Trinajstić information content (AvgIpc) is 2.20. The molecule has 0 amide bonds.